The molecule has 4 rings (SSSR count). The lowest BCUT2D eigenvalue weighted by Gasteiger charge is -2.10. The number of fused-ring (bicyclic) bond motifs is 2. The minimum absolute atomic E-state index is 0.0339. The zero-order valence-corrected chi connectivity index (χ0v) is 11.3. The van der Waals surface area contributed by atoms with E-state index in [0.29, 0.717) is 5.69 Å². The van der Waals surface area contributed by atoms with Crippen molar-refractivity contribution in [1.29, 1.82) is 0 Å². The normalized spacial score (nSPS) is 27.3. The number of benzene rings is 1. The highest BCUT2D eigenvalue weighted by atomic mass is 16.2. The lowest BCUT2D eigenvalue weighted by molar-refractivity contribution is -0.124. The molecule has 2 aliphatic rings. The van der Waals surface area contributed by atoms with Gasteiger partial charge in [-0.2, -0.15) is 0 Å². The van der Waals surface area contributed by atoms with E-state index in [1.165, 1.54) is 0 Å². The van der Waals surface area contributed by atoms with Gasteiger partial charge in [-0.15, -0.1) is 0 Å². The molecule has 2 unspecified atom stereocenters. The van der Waals surface area contributed by atoms with E-state index in [2.05, 4.69) is 4.98 Å². The molecule has 0 bridgehead atoms. The van der Waals surface area contributed by atoms with E-state index >= 15 is 0 Å². The summed E-state index contributed by atoms with van der Waals surface area (Å²) in [6, 6.07) is 11.4. The molecule has 2 aliphatic carbocycles. The van der Waals surface area contributed by atoms with Crippen molar-refractivity contribution < 1.29 is 9.59 Å². The van der Waals surface area contributed by atoms with Crippen molar-refractivity contribution in [2.45, 2.75) is 5.92 Å². The third-order valence-corrected chi connectivity index (χ3v) is 4.28. The zero-order valence-electron chi connectivity index (χ0n) is 11.3. The molecule has 3 nitrogen and oxygen atoms in total. The Balaban J connectivity index is 1.81. The van der Waals surface area contributed by atoms with Crippen molar-refractivity contribution in [2.24, 2.45) is 11.8 Å². The maximum absolute atomic E-state index is 12.5. The molecule has 0 aliphatic heterocycles. The molecule has 2 atom stereocenters. The van der Waals surface area contributed by atoms with Gasteiger partial charge in [0.2, 0.25) is 0 Å². The molecule has 0 spiro atoms. The van der Waals surface area contributed by atoms with Crippen LogP contribution in [0.2, 0.25) is 0 Å². The van der Waals surface area contributed by atoms with Gasteiger partial charge >= 0.3 is 0 Å². The smallest absolute Gasteiger partial charge is 0.157 e. The third kappa shape index (κ3) is 1.77. The summed E-state index contributed by atoms with van der Waals surface area (Å²) < 4.78 is 0. The number of pyridine rings is 1. The molecule has 1 heterocycles. The Morgan fingerprint density at radius 2 is 1.48 bits per heavy atom. The molecule has 0 amide bonds. The Morgan fingerprint density at radius 3 is 2.19 bits per heavy atom. The summed E-state index contributed by atoms with van der Waals surface area (Å²) in [6.07, 6.45) is 7.32. The minimum atomic E-state index is -0.725. The molecule has 0 saturated heterocycles. The van der Waals surface area contributed by atoms with Crippen LogP contribution in [0.5, 0.6) is 0 Å². The number of allylic oxidation sites excluding steroid dienone is 4. The second-order valence-electron chi connectivity index (χ2n) is 5.49. The van der Waals surface area contributed by atoms with Gasteiger partial charge in [-0.3, -0.25) is 14.6 Å². The van der Waals surface area contributed by atoms with Crippen LogP contribution in [0, 0.1) is 11.8 Å². The number of hydrogen-bond donors (Lipinski definition) is 0. The average molecular weight is 275 g/mol. The molecule has 2 aromatic rings. The molecule has 0 radical (unpaired) electrons. The van der Waals surface area contributed by atoms with Gasteiger partial charge in [0, 0.05) is 5.39 Å². The number of nitrogens with zero attached hydrogens (tertiary/aromatic N) is 1. The van der Waals surface area contributed by atoms with Gasteiger partial charge in [0.15, 0.2) is 11.6 Å². The van der Waals surface area contributed by atoms with Gasteiger partial charge in [0.1, 0.15) is 5.92 Å². The first-order valence-corrected chi connectivity index (χ1v) is 7.04. The number of carbonyl (C=O) groups excluding carboxylic acids is 2. The molecule has 1 aromatic heterocycles. The summed E-state index contributed by atoms with van der Waals surface area (Å²) in [5.74, 6) is -1.43. The SMILES string of the molecule is O=C1C(c2ccc3ccccc3n2)C(=O)C2C=CC=CC12. The van der Waals surface area contributed by atoms with Crippen LogP contribution in [0.15, 0.2) is 60.7 Å². The highest BCUT2D eigenvalue weighted by molar-refractivity contribution is 6.17. The molecule has 1 aromatic carbocycles. The van der Waals surface area contributed by atoms with Crippen molar-refractivity contribution in [2.75, 3.05) is 0 Å². The topological polar surface area (TPSA) is 47.0 Å². The van der Waals surface area contributed by atoms with Crippen molar-refractivity contribution in [3.63, 3.8) is 0 Å². The van der Waals surface area contributed by atoms with E-state index in [4.69, 9.17) is 0 Å². The molecule has 102 valence electrons. The molecule has 3 heteroatoms. The summed E-state index contributed by atoms with van der Waals surface area (Å²) in [6.45, 7) is 0. The maximum atomic E-state index is 12.5. The quantitative estimate of drug-likeness (QED) is 0.752. The first-order valence-electron chi connectivity index (χ1n) is 7.04. The first-order chi connectivity index (χ1) is 10.3. The van der Waals surface area contributed by atoms with Crippen molar-refractivity contribution >= 4 is 22.5 Å². The highest BCUT2D eigenvalue weighted by Gasteiger charge is 2.48. The van der Waals surface area contributed by atoms with Crippen LogP contribution in [-0.2, 0) is 9.59 Å². The Hall–Kier alpha value is -2.55. The van der Waals surface area contributed by atoms with Crippen molar-refractivity contribution in [1.82, 2.24) is 4.98 Å². The van der Waals surface area contributed by atoms with E-state index in [9.17, 15) is 9.59 Å². The average Bonchev–Trinajstić information content (AvgIpc) is 2.79. The second kappa shape index (κ2) is 4.48. The standard InChI is InChI=1S/C18H13NO2/c20-17-12-6-2-3-7-13(12)18(21)16(17)15-10-9-11-5-1-4-8-14(11)19-15/h1-10,12-13,16H. The van der Waals surface area contributed by atoms with E-state index in [1.54, 1.807) is 6.07 Å². The Kier molecular flexibility index (Phi) is 2.61. The second-order valence-corrected chi connectivity index (χ2v) is 5.49. The van der Waals surface area contributed by atoms with Crippen molar-refractivity contribution in [3.05, 3.63) is 66.4 Å². The fraction of sp³-hybridized carbons (Fsp3) is 0.167. The van der Waals surface area contributed by atoms with Gasteiger partial charge in [-0.1, -0.05) is 48.6 Å². The van der Waals surface area contributed by atoms with Crippen molar-refractivity contribution in [3.8, 4) is 0 Å². The summed E-state index contributed by atoms with van der Waals surface area (Å²) in [7, 11) is 0. The molecule has 1 fully saturated rings. The lowest BCUT2D eigenvalue weighted by Crippen LogP contribution is -2.15. The molecular weight excluding hydrogens is 262 g/mol. The van der Waals surface area contributed by atoms with Crippen LogP contribution in [-0.4, -0.2) is 16.6 Å². The lowest BCUT2D eigenvalue weighted by atomic mass is 9.91. The van der Waals surface area contributed by atoms with Gasteiger partial charge in [0.25, 0.3) is 0 Å². The fourth-order valence-corrected chi connectivity index (χ4v) is 3.21. The van der Waals surface area contributed by atoms with Gasteiger partial charge in [0.05, 0.1) is 23.0 Å². The fourth-order valence-electron chi connectivity index (χ4n) is 3.21. The predicted octanol–water partition coefficient (Wildman–Crippen LogP) is 2.83. The Morgan fingerprint density at radius 1 is 0.810 bits per heavy atom. The largest absolute Gasteiger partial charge is 0.298 e. The molecule has 0 N–H and O–H groups in total. The van der Waals surface area contributed by atoms with Gasteiger partial charge in [-0.05, 0) is 12.1 Å². The predicted molar refractivity (Wildman–Crippen MR) is 79.8 cm³/mol. The molecular formula is C18H13NO2. The van der Waals surface area contributed by atoms with Gasteiger partial charge < -0.3 is 0 Å². The van der Waals surface area contributed by atoms with Crippen LogP contribution in [0.3, 0.4) is 0 Å². The van der Waals surface area contributed by atoms with E-state index in [0.717, 1.165) is 10.9 Å². The third-order valence-electron chi connectivity index (χ3n) is 4.28. The number of aromatic nitrogens is 1. The monoisotopic (exact) mass is 275 g/mol. The van der Waals surface area contributed by atoms with Crippen LogP contribution in [0.4, 0.5) is 0 Å². The van der Waals surface area contributed by atoms with Gasteiger partial charge in [-0.25, -0.2) is 0 Å². The van der Waals surface area contributed by atoms with E-state index in [1.807, 2.05) is 54.6 Å². The summed E-state index contributed by atoms with van der Waals surface area (Å²) in [5, 5.41) is 1.01. The minimum Gasteiger partial charge on any atom is -0.298 e. The van der Waals surface area contributed by atoms with Crippen LogP contribution in [0.25, 0.3) is 10.9 Å². The first kappa shape index (κ1) is 12.2. The van der Waals surface area contributed by atoms with Crippen LogP contribution >= 0.6 is 0 Å². The number of carbonyl (C=O) groups is 2. The van der Waals surface area contributed by atoms with Crippen LogP contribution in [0.1, 0.15) is 11.6 Å². The molecule has 1 saturated carbocycles. The number of para-hydroxylation sites is 1. The zero-order chi connectivity index (χ0) is 14.4. The maximum Gasteiger partial charge on any atom is 0.157 e. The Labute approximate surface area is 122 Å². The number of hydrogen-bond acceptors (Lipinski definition) is 3. The highest BCUT2D eigenvalue weighted by Crippen LogP contribution is 2.39. The number of Topliss-reactive ketones (excluding diaryl/α,β-unsaturated/α-hetero) is 2. The number of rotatable bonds is 1. The molecule has 21 heavy (non-hydrogen) atoms. The number of ketones is 2. The summed E-state index contributed by atoms with van der Waals surface area (Å²) in [4.78, 5) is 29.6. The summed E-state index contributed by atoms with van der Waals surface area (Å²) >= 11 is 0. The van der Waals surface area contributed by atoms with Crippen LogP contribution < -0.4 is 0 Å². The summed E-state index contributed by atoms with van der Waals surface area (Å²) in [5.41, 5.74) is 1.39. The Bertz CT molecular complexity index is 789. The van der Waals surface area contributed by atoms with E-state index in [-0.39, 0.29) is 23.4 Å². The van der Waals surface area contributed by atoms with E-state index < -0.39 is 5.92 Å².